The van der Waals surface area contributed by atoms with E-state index in [4.69, 9.17) is 20.9 Å². The molecule has 0 aliphatic carbocycles. The van der Waals surface area contributed by atoms with Gasteiger partial charge in [-0.1, -0.05) is 28.9 Å². The van der Waals surface area contributed by atoms with Crippen LogP contribution in [-0.4, -0.2) is 23.8 Å². The molecule has 0 spiro atoms. The van der Waals surface area contributed by atoms with E-state index in [9.17, 15) is 0 Å². The number of hydrogen-bond donors (Lipinski definition) is 0. The molecule has 0 bridgehead atoms. The van der Waals surface area contributed by atoms with Gasteiger partial charge in [-0.2, -0.15) is 4.98 Å². The van der Waals surface area contributed by atoms with E-state index in [2.05, 4.69) is 27.2 Å². The van der Waals surface area contributed by atoms with E-state index in [1.807, 2.05) is 30.3 Å². The Morgan fingerprint density at radius 3 is 2.96 bits per heavy atom. The number of halogens is 1. The van der Waals surface area contributed by atoms with Crippen LogP contribution in [0.2, 0.25) is 5.02 Å². The summed E-state index contributed by atoms with van der Waals surface area (Å²) in [6.07, 6.45) is 2.14. The number of hydrogen-bond acceptors (Lipinski definition) is 5. The lowest BCUT2D eigenvalue weighted by Crippen LogP contribution is -2.28. The lowest BCUT2D eigenvalue weighted by atomic mass is 10.0. The Kier molecular flexibility index (Phi) is 4.32. The average Bonchev–Trinajstić information content (AvgIpc) is 3.10. The molecule has 1 aliphatic rings. The van der Waals surface area contributed by atoms with E-state index in [-0.39, 0.29) is 0 Å². The number of fused-ring (bicyclic) bond motifs is 1. The van der Waals surface area contributed by atoms with Crippen LogP contribution < -0.4 is 9.64 Å². The Labute approximate surface area is 151 Å². The lowest BCUT2D eigenvalue weighted by molar-refractivity contribution is 0.375. The Bertz CT molecular complexity index is 894. The van der Waals surface area contributed by atoms with E-state index in [0.29, 0.717) is 23.3 Å². The first kappa shape index (κ1) is 16.0. The first-order valence-corrected chi connectivity index (χ1v) is 8.62. The van der Waals surface area contributed by atoms with Crippen LogP contribution in [0.15, 0.2) is 47.0 Å². The molecule has 0 radical (unpaired) electrons. The van der Waals surface area contributed by atoms with Crippen molar-refractivity contribution in [1.82, 2.24) is 10.1 Å². The first-order valence-electron chi connectivity index (χ1n) is 8.24. The molecule has 0 amide bonds. The maximum absolute atomic E-state index is 6.21. The van der Waals surface area contributed by atoms with Crippen LogP contribution in [0, 0.1) is 0 Å². The third-order valence-electron chi connectivity index (χ3n) is 4.41. The topological polar surface area (TPSA) is 51.4 Å². The number of aromatic nitrogens is 2. The third kappa shape index (κ3) is 3.20. The Morgan fingerprint density at radius 2 is 2.12 bits per heavy atom. The summed E-state index contributed by atoms with van der Waals surface area (Å²) < 4.78 is 10.8. The fourth-order valence-corrected chi connectivity index (χ4v) is 3.40. The number of aryl methyl sites for hydroxylation is 1. The normalized spacial score (nSPS) is 13.6. The van der Waals surface area contributed by atoms with Crippen LogP contribution in [0.5, 0.6) is 5.75 Å². The highest BCUT2D eigenvalue weighted by molar-refractivity contribution is 6.33. The second-order valence-corrected chi connectivity index (χ2v) is 6.42. The smallest absolute Gasteiger partial charge is 0.246 e. The summed E-state index contributed by atoms with van der Waals surface area (Å²) in [6.45, 7) is 1.54. The average molecular weight is 356 g/mol. The van der Waals surface area contributed by atoms with Gasteiger partial charge in [0.15, 0.2) is 0 Å². The molecule has 0 atom stereocenters. The summed E-state index contributed by atoms with van der Waals surface area (Å²) in [4.78, 5) is 6.78. The van der Waals surface area contributed by atoms with Crippen LogP contribution in [0.3, 0.4) is 0 Å². The van der Waals surface area contributed by atoms with Crippen molar-refractivity contribution in [1.29, 1.82) is 0 Å². The maximum Gasteiger partial charge on any atom is 0.246 e. The van der Waals surface area contributed by atoms with Crippen molar-refractivity contribution in [3.05, 3.63) is 58.9 Å². The molecule has 0 saturated heterocycles. The van der Waals surface area contributed by atoms with Crippen LogP contribution in [0.25, 0.3) is 11.4 Å². The predicted molar refractivity (Wildman–Crippen MR) is 97.1 cm³/mol. The van der Waals surface area contributed by atoms with Gasteiger partial charge in [0.2, 0.25) is 11.7 Å². The lowest BCUT2D eigenvalue weighted by Gasteiger charge is -2.30. The number of ether oxygens (including phenoxy) is 1. The third-order valence-corrected chi connectivity index (χ3v) is 4.74. The van der Waals surface area contributed by atoms with E-state index >= 15 is 0 Å². The molecular weight excluding hydrogens is 338 g/mol. The number of nitrogens with zero attached hydrogens (tertiary/aromatic N) is 3. The first-order chi connectivity index (χ1) is 12.2. The molecule has 25 heavy (non-hydrogen) atoms. The fraction of sp³-hybridized carbons (Fsp3) is 0.263. The van der Waals surface area contributed by atoms with Gasteiger partial charge in [-0.15, -0.1) is 0 Å². The van der Waals surface area contributed by atoms with Crippen molar-refractivity contribution in [2.45, 2.75) is 19.4 Å². The van der Waals surface area contributed by atoms with Gasteiger partial charge in [-0.25, -0.2) is 0 Å². The van der Waals surface area contributed by atoms with E-state index < -0.39 is 0 Å². The quantitative estimate of drug-likeness (QED) is 0.696. The zero-order chi connectivity index (χ0) is 17.2. The van der Waals surface area contributed by atoms with Gasteiger partial charge in [0.1, 0.15) is 5.75 Å². The Hall–Kier alpha value is -2.53. The van der Waals surface area contributed by atoms with E-state index in [1.165, 1.54) is 11.3 Å². The maximum atomic E-state index is 6.21. The van der Waals surface area contributed by atoms with Crippen molar-refractivity contribution in [2.75, 3.05) is 18.6 Å². The molecule has 2 aromatic carbocycles. The summed E-state index contributed by atoms with van der Waals surface area (Å²) in [7, 11) is 1.69. The minimum absolute atomic E-state index is 0.521. The minimum Gasteiger partial charge on any atom is -0.497 e. The zero-order valence-electron chi connectivity index (χ0n) is 13.9. The van der Waals surface area contributed by atoms with Crippen LogP contribution in [0.1, 0.15) is 17.9 Å². The van der Waals surface area contributed by atoms with Gasteiger partial charge in [0, 0.05) is 17.8 Å². The molecule has 6 heteroatoms. The summed E-state index contributed by atoms with van der Waals surface area (Å²) in [5, 5.41) is 4.69. The Morgan fingerprint density at radius 1 is 1.24 bits per heavy atom. The van der Waals surface area contributed by atoms with Gasteiger partial charge in [0.05, 0.1) is 18.7 Å². The number of benzene rings is 2. The van der Waals surface area contributed by atoms with Crippen LogP contribution >= 0.6 is 11.6 Å². The zero-order valence-corrected chi connectivity index (χ0v) is 14.7. The molecule has 5 nitrogen and oxygen atoms in total. The molecule has 1 aliphatic heterocycles. The highest BCUT2D eigenvalue weighted by atomic mass is 35.5. The largest absolute Gasteiger partial charge is 0.497 e. The second-order valence-electron chi connectivity index (χ2n) is 6.01. The molecule has 4 rings (SSSR count). The number of anilines is 1. The molecule has 0 unspecified atom stereocenters. The molecular formula is C19H18ClN3O2. The van der Waals surface area contributed by atoms with Crippen molar-refractivity contribution in [2.24, 2.45) is 0 Å². The van der Waals surface area contributed by atoms with Crippen molar-refractivity contribution in [3.63, 3.8) is 0 Å². The SMILES string of the molecule is COc1ccc2c(c1)CCCN2Cc1nc(-c2ccccc2Cl)no1. The molecule has 2 heterocycles. The summed E-state index contributed by atoms with van der Waals surface area (Å²) >= 11 is 6.21. The van der Waals surface area contributed by atoms with E-state index in [1.54, 1.807) is 7.11 Å². The standard InChI is InChI=1S/C19H18ClN3O2/c1-24-14-8-9-17-13(11-14)5-4-10-23(17)12-18-21-19(22-25-18)15-6-2-3-7-16(15)20/h2-3,6-9,11H,4-5,10,12H2,1H3. The monoisotopic (exact) mass is 355 g/mol. The van der Waals surface area contributed by atoms with Gasteiger partial charge >= 0.3 is 0 Å². The molecule has 1 aromatic heterocycles. The fourth-order valence-electron chi connectivity index (χ4n) is 3.18. The highest BCUT2D eigenvalue weighted by Crippen LogP contribution is 2.32. The molecule has 0 N–H and O–H groups in total. The summed E-state index contributed by atoms with van der Waals surface area (Å²) in [6, 6.07) is 13.7. The van der Waals surface area contributed by atoms with Crippen molar-refractivity contribution < 1.29 is 9.26 Å². The van der Waals surface area contributed by atoms with Crippen LogP contribution in [-0.2, 0) is 13.0 Å². The van der Waals surface area contributed by atoms with Crippen LogP contribution in [0.4, 0.5) is 5.69 Å². The highest BCUT2D eigenvalue weighted by Gasteiger charge is 2.20. The van der Waals surface area contributed by atoms with E-state index in [0.717, 1.165) is 30.7 Å². The minimum atomic E-state index is 0.521. The van der Waals surface area contributed by atoms with Crippen molar-refractivity contribution >= 4 is 17.3 Å². The second kappa shape index (κ2) is 6.76. The molecule has 3 aromatic rings. The van der Waals surface area contributed by atoms with Gasteiger partial charge < -0.3 is 14.2 Å². The summed E-state index contributed by atoms with van der Waals surface area (Å²) in [5.74, 6) is 1.99. The Balaban J connectivity index is 1.57. The van der Waals surface area contributed by atoms with Crippen molar-refractivity contribution in [3.8, 4) is 17.1 Å². The van der Waals surface area contributed by atoms with Gasteiger partial charge in [-0.3, -0.25) is 0 Å². The van der Waals surface area contributed by atoms with Gasteiger partial charge in [-0.05, 0) is 48.7 Å². The summed E-state index contributed by atoms with van der Waals surface area (Å²) in [5.41, 5.74) is 3.27. The van der Waals surface area contributed by atoms with Gasteiger partial charge in [0.25, 0.3) is 0 Å². The molecule has 128 valence electrons. The molecule has 0 saturated carbocycles. The molecule has 0 fully saturated rings. The number of methoxy groups -OCH3 is 1. The number of rotatable bonds is 4. The predicted octanol–water partition coefficient (Wildman–Crippen LogP) is 4.35.